The summed E-state index contributed by atoms with van der Waals surface area (Å²) < 4.78 is 0.904. The van der Waals surface area contributed by atoms with Crippen LogP contribution in [0.3, 0.4) is 0 Å². The molecule has 0 unspecified atom stereocenters. The van der Waals surface area contributed by atoms with Crippen molar-refractivity contribution < 1.29 is 4.79 Å². The zero-order valence-electron chi connectivity index (χ0n) is 14.9. The zero-order chi connectivity index (χ0) is 18.8. The normalized spacial score (nSPS) is 11.0. The molecule has 1 heterocycles. The van der Waals surface area contributed by atoms with E-state index >= 15 is 0 Å². The maximum Gasteiger partial charge on any atom is 0.267 e. The van der Waals surface area contributed by atoms with Crippen LogP contribution in [0.15, 0.2) is 36.4 Å². The lowest BCUT2D eigenvalue weighted by molar-refractivity contribution is 0.103. The van der Waals surface area contributed by atoms with Gasteiger partial charge in [0.25, 0.3) is 5.91 Å². The van der Waals surface area contributed by atoms with Crippen LogP contribution < -0.4 is 10.2 Å². The van der Waals surface area contributed by atoms with Crippen molar-refractivity contribution in [2.24, 2.45) is 0 Å². The first kappa shape index (κ1) is 19.0. The summed E-state index contributed by atoms with van der Waals surface area (Å²) in [6.07, 6.45) is 0. The minimum atomic E-state index is -0.203. The van der Waals surface area contributed by atoms with Crippen molar-refractivity contribution in [3.63, 3.8) is 0 Å². The Balaban J connectivity index is 1.87. The molecule has 0 bridgehead atoms. The molecule has 3 rings (SSSR count). The number of nitrogens with zero attached hydrogens (tertiary/aromatic N) is 1. The lowest BCUT2D eigenvalue weighted by Gasteiger charge is -2.22. The smallest absolute Gasteiger partial charge is 0.267 e. The number of hydrogen-bond acceptors (Lipinski definition) is 3. The highest BCUT2D eigenvalue weighted by molar-refractivity contribution is 7.21. The van der Waals surface area contributed by atoms with E-state index in [9.17, 15) is 4.79 Å². The van der Waals surface area contributed by atoms with Gasteiger partial charge in [0, 0.05) is 39.6 Å². The number of amides is 1. The van der Waals surface area contributed by atoms with Crippen molar-refractivity contribution in [2.45, 2.75) is 20.8 Å². The van der Waals surface area contributed by atoms with Gasteiger partial charge in [0.15, 0.2) is 0 Å². The van der Waals surface area contributed by atoms with E-state index in [-0.39, 0.29) is 5.91 Å². The summed E-state index contributed by atoms with van der Waals surface area (Å²) in [5.41, 5.74) is 2.96. The Morgan fingerprint density at radius 3 is 2.50 bits per heavy atom. The average molecular weight is 407 g/mol. The van der Waals surface area contributed by atoms with Gasteiger partial charge in [0.1, 0.15) is 4.88 Å². The first-order valence-electron chi connectivity index (χ1n) is 8.49. The maximum atomic E-state index is 12.7. The number of thiophene rings is 1. The Bertz CT molecular complexity index is 964. The topological polar surface area (TPSA) is 32.3 Å². The SMILES string of the molecule is CCN(CC)c1ccc(NC(=O)c2sc3cc(Cl)ccc3c2Cl)c(C)c1. The van der Waals surface area contributed by atoms with Gasteiger partial charge in [-0.2, -0.15) is 0 Å². The fraction of sp³-hybridized carbons (Fsp3) is 0.250. The van der Waals surface area contributed by atoms with Gasteiger partial charge in [-0.1, -0.05) is 29.3 Å². The lowest BCUT2D eigenvalue weighted by Crippen LogP contribution is -2.22. The number of halogens is 2. The van der Waals surface area contributed by atoms with Crippen molar-refractivity contribution in [3.8, 4) is 0 Å². The molecule has 0 saturated heterocycles. The number of carbonyl (C=O) groups excluding carboxylic acids is 1. The number of anilines is 2. The molecule has 0 spiro atoms. The Hall–Kier alpha value is -1.75. The number of rotatable bonds is 5. The summed E-state index contributed by atoms with van der Waals surface area (Å²) in [5, 5.41) is 4.93. The first-order valence-corrected chi connectivity index (χ1v) is 10.1. The highest BCUT2D eigenvalue weighted by Crippen LogP contribution is 2.37. The van der Waals surface area contributed by atoms with Gasteiger partial charge in [-0.15, -0.1) is 11.3 Å². The largest absolute Gasteiger partial charge is 0.372 e. The van der Waals surface area contributed by atoms with E-state index in [4.69, 9.17) is 23.2 Å². The minimum absolute atomic E-state index is 0.203. The van der Waals surface area contributed by atoms with Crippen molar-refractivity contribution in [1.29, 1.82) is 0 Å². The number of aryl methyl sites for hydroxylation is 1. The Labute approximate surface area is 167 Å². The molecule has 26 heavy (non-hydrogen) atoms. The zero-order valence-corrected chi connectivity index (χ0v) is 17.2. The summed E-state index contributed by atoms with van der Waals surface area (Å²) in [4.78, 5) is 15.5. The van der Waals surface area contributed by atoms with Gasteiger partial charge in [-0.05, 0) is 56.7 Å². The summed E-state index contributed by atoms with van der Waals surface area (Å²) in [7, 11) is 0. The Morgan fingerprint density at radius 2 is 1.85 bits per heavy atom. The van der Waals surface area contributed by atoms with Crippen molar-refractivity contribution in [2.75, 3.05) is 23.3 Å². The predicted octanol–water partition coefficient (Wildman–Crippen LogP) is 6.62. The molecule has 0 atom stereocenters. The number of nitrogens with one attached hydrogen (secondary N) is 1. The Kier molecular flexibility index (Phi) is 5.76. The molecule has 0 aliphatic rings. The minimum Gasteiger partial charge on any atom is -0.372 e. The molecule has 3 aromatic rings. The van der Waals surface area contributed by atoms with Crippen molar-refractivity contribution in [1.82, 2.24) is 0 Å². The van der Waals surface area contributed by atoms with Crippen LogP contribution in [-0.4, -0.2) is 19.0 Å². The van der Waals surface area contributed by atoms with E-state index in [1.807, 2.05) is 31.2 Å². The maximum absolute atomic E-state index is 12.7. The number of benzene rings is 2. The highest BCUT2D eigenvalue weighted by atomic mass is 35.5. The number of fused-ring (bicyclic) bond motifs is 1. The lowest BCUT2D eigenvalue weighted by atomic mass is 10.1. The van der Waals surface area contributed by atoms with Crippen LogP contribution in [0.25, 0.3) is 10.1 Å². The fourth-order valence-electron chi connectivity index (χ4n) is 2.94. The number of hydrogen-bond donors (Lipinski definition) is 1. The third kappa shape index (κ3) is 3.68. The number of carbonyl (C=O) groups is 1. The van der Waals surface area contributed by atoms with Gasteiger partial charge in [-0.25, -0.2) is 0 Å². The molecule has 1 aromatic heterocycles. The van der Waals surface area contributed by atoms with Crippen LogP contribution in [0.5, 0.6) is 0 Å². The molecular formula is C20H20Cl2N2OS. The molecule has 0 saturated carbocycles. The predicted molar refractivity (Wildman–Crippen MR) is 115 cm³/mol. The summed E-state index contributed by atoms with van der Waals surface area (Å²) in [5.74, 6) is -0.203. The second-order valence-electron chi connectivity index (χ2n) is 6.01. The monoisotopic (exact) mass is 406 g/mol. The van der Waals surface area contributed by atoms with E-state index in [1.165, 1.54) is 11.3 Å². The van der Waals surface area contributed by atoms with E-state index in [1.54, 1.807) is 6.07 Å². The van der Waals surface area contributed by atoms with Gasteiger partial charge in [-0.3, -0.25) is 4.79 Å². The summed E-state index contributed by atoms with van der Waals surface area (Å²) in [6.45, 7) is 8.15. The van der Waals surface area contributed by atoms with Crippen LogP contribution in [0.4, 0.5) is 11.4 Å². The second kappa shape index (κ2) is 7.87. The van der Waals surface area contributed by atoms with E-state index < -0.39 is 0 Å². The molecule has 2 aromatic carbocycles. The van der Waals surface area contributed by atoms with E-state index in [0.717, 1.165) is 40.1 Å². The summed E-state index contributed by atoms with van der Waals surface area (Å²) in [6, 6.07) is 11.5. The molecule has 0 aliphatic heterocycles. The van der Waals surface area contributed by atoms with Crippen molar-refractivity contribution in [3.05, 3.63) is 56.9 Å². The summed E-state index contributed by atoms with van der Waals surface area (Å²) >= 11 is 13.8. The van der Waals surface area contributed by atoms with Gasteiger partial charge in [0.05, 0.1) is 5.02 Å². The molecule has 136 valence electrons. The molecule has 0 fully saturated rings. The van der Waals surface area contributed by atoms with Gasteiger partial charge < -0.3 is 10.2 Å². The first-order chi connectivity index (χ1) is 12.4. The van der Waals surface area contributed by atoms with Crippen LogP contribution in [0.1, 0.15) is 29.1 Å². The molecule has 6 heteroatoms. The molecule has 1 amide bonds. The van der Waals surface area contributed by atoms with Crippen LogP contribution in [0, 0.1) is 6.92 Å². The second-order valence-corrected chi connectivity index (χ2v) is 7.88. The van der Waals surface area contributed by atoms with Crippen LogP contribution in [0.2, 0.25) is 10.0 Å². The van der Waals surface area contributed by atoms with Gasteiger partial charge >= 0.3 is 0 Å². The third-order valence-corrected chi connectivity index (χ3v) is 6.28. The standard InChI is InChI=1S/C20H20Cl2N2OS/c1-4-24(5-2)14-7-9-16(12(3)10-14)23-20(25)19-18(22)15-8-6-13(21)11-17(15)26-19/h6-11H,4-5H2,1-3H3,(H,23,25). The van der Waals surface area contributed by atoms with Crippen LogP contribution in [-0.2, 0) is 0 Å². The molecule has 0 aliphatic carbocycles. The molecule has 1 N–H and O–H groups in total. The fourth-order valence-corrected chi connectivity index (χ4v) is 4.63. The average Bonchev–Trinajstić information content (AvgIpc) is 2.94. The molecule has 3 nitrogen and oxygen atoms in total. The quantitative estimate of drug-likeness (QED) is 0.516. The highest BCUT2D eigenvalue weighted by Gasteiger charge is 2.18. The van der Waals surface area contributed by atoms with E-state index in [2.05, 4.69) is 30.1 Å². The molecular weight excluding hydrogens is 387 g/mol. The van der Waals surface area contributed by atoms with Gasteiger partial charge in [0.2, 0.25) is 0 Å². The third-order valence-electron chi connectivity index (χ3n) is 4.38. The Morgan fingerprint density at radius 1 is 1.12 bits per heavy atom. The van der Waals surface area contributed by atoms with Crippen LogP contribution >= 0.6 is 34.5 Å². The van der Waals surface area contributed by atoms with E-state index in [0.29, 0.717) is 14.9 Å². The molecule has 0 radical (unpaired) electrons. The van der Waals surface area contributed by atoms with Crippen molar-refractivity contribution >= 4 is 61.9 Å².